The van der Waals surface area contributed by atoms with Crippen molar-refractivity contribution in [2.75, 3.05) is 19.6 Å². The highest BCUT2D eigenvalue weighted by Crippen LogP contribution is 2.37. The number of nitrogens with one attached hydrogen (secondary N) is 1. The minimum atomic E-state index is -1.46. The normalized spacial score (nSPS) is 21.4. The molecular weight excluding hydrogens is 427 g/mol. The molecule has 0 amide bonds. The van der Waals surface area contributed by atoms with Gasteiger partial charge in [0.05, 0.1) is 29.3 Å². The second-order valence-corrected chi connectivity index (χ2v) is 9.02. The van der Waals surface area contributed by atoms with E-state index in [9.17, 15) is 14.3 Å². The Hall–Kier alpha value is -3.21. The van der Waals surface area contributed by atoms with Crippen molar-refractivity contribution in [2.45, 2.75) is 37.6 Å². The van der Waals surface area contributed by atoms with E-state index >= 15 is 0 Å². The SMILES string of the molecule is O=c1ccc2ncc(F)c3c2n1C[C@@]3(O)CN1CCC(NCc2ccc3nonc3c2)CC1. The van der Waals surface area contributed by atoms with Crippen molar-refractivity contribution in [1.29, 1.82) is 0 Å². The average Bonchev–Trinajstić information content (AvgIpc) is 3.40. The lowest BCUT2D eigenvalue weighted by molar-refractivity contribution is -0.0159. The fourth-order valence-corrected chi connectivity index (χ4v) is 5.17. The third kappa shape index (κ3) is 3.50. The van der Waals surface area contributed by atoms with Gasteiger partial charge in [-0.05, 0) is 60.0 Å². The van der Waals surface area contributed by atoms with Gasteiger partial charge in [-0.2, -0.15) is 0 Å². The minimum absolute atomic E-state index is 0.0404. The lowest BCUT2D eigenvalue weighted by Gasteiger charge is -2.37. The molecule has 1 fully saturated rings. The van der Waals surface area contributed by atoms with E-state index in [1.54, 1.807) is 6.07 Å². The maximum Gasteiger partial charge on any atom is 0.251 e. The van der Waals surface area contributed by atoms with Gasteiger partial charge in [0.2, 0.25) is 0 Å². The molecular formula is C23H23FN6O3. The third-order valence-corrected chi connectivity index (χ3v) is 6.83. The molecule has 1 saturated heterocycles. The van der Waals surface area contributed by atoms with Crippen molar-refractivity contribution >= 4 is 22.1 Å². The first-order valence-electron chi connectivity index (χ1n) is 11.1. The number of aliphatic hydroxyl groups is 1. The summed E-state index contributed by atoms with van der Waals surface area (Å²) in [6.45, 7) is 2.57. The number of benzene rings is 1. The van der Waals surface area contributed by atoms with E-state index in [-0.39, 0.29) is 24.2 Å². The summed E-state index contributed by atoms with van der Waals surface area (Å²) in [6, 6.07) is 9.20. The quantitative estimate of drug-likeness (QED) is 0.471. The van der Waals surface area contributed by atoms with Crippen LogP contribution < -0.4 is 10.9 Å². The molecule has 0 spiro atoms. The molecule has 0 aliphatic carbocycles. The average molecular weight is 450 g/mol. The fraction of sp³-hybridized carbons (Fsp3) is 0.391. The van der Waals surface area contributed by atoms with E-state index in [2.05, 4.69) is 25.5 Å². The Morgan fingerprint density at radius 3 is 2.79 bits per heavy atom. The molecule has 0 saturated carbocycles. The van der Waals surface area contributed by atoms with Crippen LogP contribution in [0.3, 0.4) is 0 Å². The van der Waals surface area contributed by atoms with Crippen LogP contribution in [0.1, 0.15) is 24.0 Å². The van der Waals surface area contributed by atoms with Crippen LogP contribution in [-0.4, -0.2) is 55.5 Å². The summed E-state index contributed by atoms with van der Waals surface area (Å²) in [7, 11) is 0. The Morgan fingerprint density at radius 2 is 1.94 bits per heavy atom. The number of likely N-dealkylation sites (tertiary alicyclic amines) is 1. The summed E-state index contributed by atoms with van der Waals surface area (Å²) in [6.07, 6.45) is 2.95. The Morgan fingerprint density at radius 1 is 1.15 bits per heavy atom. The second kappa shape index (κ2) is 7.68. The molecule has 3 aromatic heterocycles. The highest BCUT2D eigenvalue weighted by molar-refractivity contribution is 5.81. The van der Waals surface area contributed by atoms with E-state index in [1.807, 2.05) is 18.2 Å². The largest absolute Gasteiger partial charge is 0.382 e. The number of piperidine rings is 1. The van der Waals surface area contributed by atoms with Gasteiger partial charge >= 0.3 is 0 Å². The number of aromatic nitrogens is 4. The fourth-order valence-electron chi connectivity index (χ4n) is 5.17. The molecule has 6 rings (SSSR count). The van der Waals surface area contributed by atoms with Gasteiger partial charge < -0.3 is 15.0 Å². The van der Waals surface area contributed by atoms with E-state index in [4.69, 9.17) is 4.63 Å². The van der Waals surface area contributed by atoms with Gasteiger partial charge in [0.1, 0.15) is 22.5 Å². The monoisotopic (exact) mass is 450 g/mol. The van der Waals surface area contributed by atoms with Gasteiger partial charge in [-0.15, -0.1) is 0 Å². The zero-order valence-corrected chi connectivity index (χ0v) is 17.9. The first-order chi connectivity index (χ1) is 16.0. The van der Waals surface area contributed by atoms with Crippen LogP contribution in [0.15, 0.2) is 46.0 Å². The zero-order chi connectivity index (χ0) is 22.6. The smallest absolute Gasteiger partial charge is 0.251 e. The molecule has 33 heavy (non-hydrogen) atoms. The lowest BCUT2D eigenvalue weighted by Crippen LogP contribution is -2.48. The van der Waals surface area contributed by atoms with Crippen molar-refractivity contribution < 1.29 is 14.1 Å². The summed E-state index contributed by atoms with van der Waals surface area (Å²) < 4.78 is 20.9. The van der Waals surface area contributed by atoms with Gasteiger partial charge in [0.15, 0.2) is 0 Å². The maximum atomic E-state index is 14.8. The molecule has 0 bridgehead atoms. The predicted octanol–water partition coefficient (Wildman–Crippen LogP) is 1.53. The number of pyridine rings is 2. The van der Waals surface area contributed by atoms with Gasteiger partial charge in [-0.1, -0.05) is 6.07 Å². The third-order valence-electron chi connectivity index (χ3n) is 6.83. The van der Waals surface area contributed by atoms with Crippen LogP contribution >= 0.6 is 0 Å². The highest BCUT2D eigenvalue weighted by Gasteiger charge is 2.43. The van der Waals surface area contributed by atoms with Crippen molar-refractivity contribution in [3.63, 3.8) is 0 Å². The summed E-state index contributed by atoms with van der Waals surface area (Å²) in [5, 5.41) is 22.8. The topological polar surface area (TPSA) is 109 Å². The number of hydrogen-bond donors (Lipinski definition) is 2. The minimum Gasteiger partial charge on any atom is -0.382 e. The first kappa shape index (κ1) is 20.4. The predicted molar refractivity (Wildman–Crippen MR) is 118 cm³/mol. The molecule has 170 valence electrons. The van der Waals surface area contributed by atoms with Crippen LogP contribution in [0.2, 0.25) is 0 Å². The molecule has 2 aliphatic rings. The number of halogens is 1. The van der Waals surface area contributed by atoms with Crippen molar-refractivity contribution in [3.05, 3.63) is 63.8 Å². The number of hydrogen-bond acceptors (Lipinski definition) is 8. The van der Waals surface area contributed by atoms with Gasteiger partial charge in [0, 0.05) is 25.2 Å². The molecule has 2 N–H and O–H groups in total. The molecule has 4 aromatic rings. The second-order valence-electron chi connectivity index (χ2n) is 9.02. The van der Waals surface area contributed by atoms with Crippen molar-refractivity contribution in [2.24, 2.45) is 0 Å². The number of nitrogens with zero attached hydrogens (tertiary/aromatic N) is 5. The van der Waals surface area contributed by atoms with Crippen LogP contribution in [0.4, 0.5) is 4.39 Å². The summed E-state index contributed by atoms with van der Waals surface area (Å²) in [4.78, 5) is 18.6. The Labute approximate surface area is 187 Å². The van der Waals surface area contributed by atoms with E-state index in [1.165, 1.54) is 10.6 Å². The Kier molecular flexibility index (Phi) is 4.75. The van der Waals surface area contributed by atoms with Crippen LogP contribution in [0, 0.1) is 5.82 Å². The molecule has 10 heteroatoms. The molecule has 1 aromatic carbocycles. The zero-order valence-electron chi connectivity index (χ0n) is 17.9. The number of fused-ring (bicyclic) bond motifs is 1. The molecule has 5 heterocycles. The molecule has 9 nitrogen and oxygen atoms in total. The summed E-state index contributed by atoms with van der Waals surface area (Å²) in [5.74, 6) is -0.572. The number of β-amino-alcohol motifs (C(OH)–C–C–N with tert-alkyl or cyclic N) is 1. The lowest BCUT2D eigenvalue weighted by atomic mass is 9.93. The van der Waals surface area contributed by atoms with Crippen molar-refractivity contribution in [3.8, 4) is 0 Å². The Bertz CT molecular complexity index is 1410. The maximum absolute atomic E-state index is 14.8. The highest BCUT2D eigenvalue weighted by atomic mass is 19.1. The van der Waals surface area contributed by atoms with E-state index < -0.39 is 11.4 Å². The molecule has 1 atom stereocenters. The molecule has 0 unspecified atom stereocenters. The van der Waals surface area contributed by atoms with Crippen molar-refractivity contribution in [1.82, 2.24) is 30.1 Å². The first-order valence-corrected chi connectivity index (χ1v) is 11.1. The van der Waals surface area contributed by atoms with Crippen LogP contribution in [0.5, 0.6) is 0 Å². The Balaban J connectivity index is 1.11. The standard InChI is InChI=1S/C23H23FN6O3/c24-16-11-26-18-3-4-20(31)30-13-23(32,21(16)22(18)30)12-29-7-5-15(6-8-29)25-10-14-1-2-17-19(9-14)28-33-27-17/h1-4,9,11,15,25,32H,5-8,10,12-13H2/t23-/m0/s1. The molecule has 2 aliphatic heterocycles. The van der Waals surface area contributed by atoms with Crippen LogP contribution in [0.25, 0.3) is 22.1 Å². The van der Waals surface area contributed by atoms with Gasteiger partial charge in [0.25, 0.3) is 5.56 Å². The molecule has 0 radical (unpaired) electrons. The summed E-state index contributed by atoms with van der Waals surface area (Å²) in [5.41, 5.74) is 1.99. The van der Waals surface area contributed by atoms with Gasteiger partial charge in [-0.3, -0.25) is 14.7 Å². The van der Waals surface area contributed by atoms with Crippen LogP contribution in [-0.2, 0) is 18.7 Å². The van der Waals surface area contributed by atoms with E-state index in [0.717, 1.165) is 55.3 Å². The number of rotatable bonds is 5. The van der Waals surface area contributed by atoms with Gasteiger partial charge in [-0.25, -0.2) is 9.02 Å². The van der Waals surface area contributed by atoms with E-state index in [0.29, 0.717) is 17.1 Å². The summed E-state index contributed by atoms with van der Waals surface area (Å²) >= 11 is 0.